The van der Waals surface area contributed by atoms with Crippen LogP contribution >= 0.6 is 0 Å². The van der Waals surface area contributed by atoms with Crippen molar-refractivity contribution >= 4 is 5.97 Å². The number of ether oxygens (including phenoxy) is 1. The van der Waals surface area contributed by atoms with E-state index in [2.05, 4.69) is 6.92 Å². The fourth-order valence-corrected chi connectivity index (χ4v) is 1.56. The van der Waals surface area contributed by atoms with Gasteiger partial charge >= 0.3 is 5.97 Å². The number of esters is 1. The van der Waals surface area contributed by atoms with Crippen LogP contribution in [0, 0.1) is 5.41 Å². The summed E-state index contributed by atoms with van der Waals surface area (Å²) in [5.74, 6) is -0.0500. The first-order valence-corrected chi connectivity index (χ1v) is 7.21. The molecule has 0 saturated carbocycles. The summed E-state index contributed by atoms with van der Waals surface area (Å²) in [5, 5.41) is 0. The van der Waals surface area contributed by atoms with E-state index in [-0.39, 0.29) is 11.4 Å². The maximum atomic E-state index is 11.6. The second kappa shape index (κ2) is 9.49. The molecule has 0 rings (SSSR count). The van der Waals surface area contributed by atoms with Gasteiger partial charge in [-0.15, -0.1) is 0 Å². The summed E-state index contributed by atoms with van der Waals surface area (Å²) in [4.78, 5) is 11.6. The van der Waals surface area contributed by atoms with Crippen LogP contribution < -0.4 is 0 Å². The molecule has 102 valence electrons. The van der Waals surface area contributed by atoms with Crippen LogP contribution in [0.2, 0.25) is 0 Å². The highest BCUT2D eigenvalue weighted by Crippen LogP contribution is 2.21. The van der Waals surface area contributed by atoms with Crippen LogP contribution in [-0.4, -0.2) is 12.6 Å². The molecule has 0 aliphatic heterocycles. The lowest BCUT2D eigenvalue weighted by Gasteiger charge is -2.20. The molecule has 0 unspecified atom stereocenters. The Morgan fingerprint density at radius 3 is 2.00 bits per heavy atom. The Kier molecular flexibility index (Phi) is 9.20. The van der Waals surface area contributed by atoms with Gasteiger partial charge in [0, 0.05) is 0 Å². The van der Waals surface area contributed by atoms with Gasteiger partial charge in [-0.25, -0.2) is 0 Å². The van der Waals surface area contributed by atoms with Crippen LogP contribution in [0.25, 0.3) is 0 Å². The molecule has 0 N–H and O–H groups in total. The van der Waals surface area contributed by atoms with Gasteiger partial charge in [0.05, 0.1) is 12.0 Å². The molecule has 0 spiro atoms. The zero-order valence-corrected chi connectivity index (χ0v) is 12.2. The van der Waals surface area contributed by atoms with Crippen molar-refractivity contribution in [3.05, 3.63) is 0 Å². The summed E-state index contributed by atoms with van der Waals surface area (Å²) in [7, 11) is 0. The maximum Gasteiger partial charge on any atom is 0.311 e. The Bertz CT molecular complexity index is 197. The molecule has 2 nitrogen and oxygen atoms in total. The van der Waals surface area contributed by atoms with E-state index >= 15 is 0 Å². The topological polar surface area (TPSA) is 26.3 Å². The van der Waals surface area contributed by atoms with Gasteiger partial charge < -0.3 is 4.74 Å². The van der Waals surface area contributed by atoms with Crippen molar-refractivity contribution in [3.8, 4) is 0 Å². The fraction of sp³-hybridized carbons (Fsp3) is 0.933. The number of hydrogen-bond acceptors (Lipinski definition) is 2. The molecule has 0 aliphatic carbocycles. The first kappa shape index (κ1) is 16.5. The van der Waals surface area contributed by atoms with E-state index in [1.807, 2.05) is 20.8 Å². The Hall–Kier alpha value is -0.530. The molecule has 2 heteroatoms. The van der Waals surface area contributed by atoms with Gasteiger partial charge in [0.1, 0.15) is 0 Å². The van der Waals surface area contributed by atoms with Crippen LogP contribution in [0.1, 0.15) is 79.1 Å². The van der Waals surface area contributed by atoms with Crippen molar-refractivity contribution in [2.24, 2.45) is 5.41 Å². The molecule has 0 saturated heterocycles. The Labute approximate surface area is 107 Å². The molecule has 0 aromatic carbocycles. The molecule has 0 aliphatic rings. The smallest absolute Gasteiger partial charge is 0.311 e. The molecule has 0 bridgehead atoms. The van der Waals surface area contributed by atoms with Crippen LogP contribution in [0.15, 0.2) is 0 Å². The van der Waals surface area contributed by atoms with Crippen molar-refractivity contribution in [1.29, 1.82) is 0 Å². The summed E-state index contributed by atoms with van der Waals surface area (Å²) in [6.45, 7) is 8.74. The van der Waals surface area contributed by atoms with Gasteiger partial charge in [-0.3, -0.25) is 4.79 Å². The zero-order valence-electron chi connectivity index (χ0n) is 12.2. The minimum absolute atomic E-state index is 0.0500. The van der Waals surface area contributed by atoms with E-state index in [4.69, 9.17) is 4.74 Å². The van der Waals surface area contributed by atoms with Crippen LogP contribution in [-0.2, 0) is 9.53 Å². The predicted molar refractivity (Wildman–Crippen MR) is 73.0 cm³/mol. The monoisotopic (exact) mass is 242 g/mol. The van der Waals surface area contributed by atoms with Crippen molar-refractivity contribution in [2.45, 2.75) is 79.1 Å². The van der Waals surface area contributed by atoms with Crippen molar-refractivity contribution in [2.75, 3.05) is 6.61 Å². The quantitative estimate of drug-likeness (QED) is 0.409. The summed E-state index contributed by atoms with van der Waals surface area (Å²) < 4.78 is 5.29. The molecule has 0 amide bonds. The lowest BCUT2D eigenvalue weighted by Crippen LogP contribution is -2.26. The Balaban J connectivity index is 3.37. The maximum absolute atomic E-state index is 11.6. The van der Waals surface area contributed by atoms with Crippen LogP contribution in [0.5, 0.6) is 0 Å². The highest BCUT2D eigenvalue weighted by molar-refractivity contribution is 5.75. The van der Waals surface area contributed by atoms with E-state index < -0.39 is 0 Å². The largest absolute Gasteiger partial charge is 0.465 e. The molecule has 17 heavy (non-hydrogen) atoms. The molecule has 0 heterocycles. The second-order valence-corrected chi connectivity index (χ2v) is 5.49. The van der Waals surface area contributed by atoms with Gasteiger partial charge in [-0.2, -0.15) is 0 Å². The molecular formula is C15H30O2. The first-order valence-electron chi connectivity index (χ1n) is 7.21. The first-order chi connectivity index (χ1) is 8.04. The third-order valence-electron chi connectivity index (χ3n) is 3.42. The summed E-state index contributed by atoms with van der Waals surface area (Å²) >= 11 is 0. The number of hydrogen-bond donors (Lipinski definition) is 0. The van der Waals surface area contributed by atoms with Crippen molar-refractivity contribution < 1.29 is 9.53 Å². The molecule has 0 atom stereocenters. The van der Waals surface area contributed by atoms with Crippen molar-refractivity contribution in [3.63, 3.8) is 0 Å². The van der Waals surface area contributed by atoms with Gasteiger partial charge in [-0.05, 0) is 26.7 Å². The number of rotatable bonds is 10. The summed E-state index contributed by atoms with van der Waals surface area (Å²) in [6, 6.07) is 0. The highest BCUT2D eigenvalue weighted by Gasteiger charge is 2.26. The van der Waals surface area contributed by atoms with E-state index in [0.717, 1.165) is 12.8 Å². The number of unbranched alkanes of at least 4 members (excludes halogenated alkanes) is 6. The molecule has 0 fully saturated rings. The predicted octanol–water partition coefficient (Wildman–Crippen LogP) is 4.72. The number of carbonyl (C=O) groups excluding carboxylic acids is 1. The van der Waals surface area contributed by atoms with Gasteiger partial charge in [-0.1, -0.05) is 52.4 Å². The molecular weight excluding hydrogens is 212 g/mol. The number of carbonyl (C=O) groups is 1. The van der Waals surface area contributed by atoms with E-state index in [9.17, 15) is 4.79 Å². The molecule has 0 aromatic rings. The minimum Gasteiger partial charge on any atom is -0.465 e. The molecule has 0 radical (unpaired) electrons. The third-order valence-corrected chi connectivity index (χ3v) is 3.42. The van der Waals surface area contributed by atoms with E-state index in [1.165, 1.54) is 38.5 Å². The Morgan fingerprint density at radius 1 is 0.941 bits per heavy atom. The van der Waals surface area contributed by atoms with Gasteiger partial charge in [0.25, 0.3) is 0 Å². The lowest BCUT2D eigenvalue weighted by atomic mass is 9.91. The average molecular weight is 242 g/mol. The summed E-state index contributed by atoms with van der Waals surface area (Å²) in [6.07, 6.45) is 9.61. The van der Waals surface area contributed by atoms with E-state index in [0.29, 0.717) is 6.61 Å². The standard InChI is InChI=1S/C15H30O2/c1-5-7-8-9-10-11-12-13-17-14(16)15(3,4)6-2/h5-13H2,1-4H3. The minimum atomic E-state index is -0.318. The SMILES string of the molecule is CCCCCCCCCOC(=O)C(C)(C)CC. The normalized spacial score (nSPS) is 11.5. The zero-order chi connectivity index (χ0) is 13.1. The van der Waals surface area contributed by atoms with Crippen molar-refractivity contribution in [1.82, 2.24) is 0 Å². The fourth-order valence-electron chi connectivity index (χ4n) is 1.56. The summed E-state index contributed by atoms with van der Waals surface area (Å²) in [5.41, 5.74) is -0.318. The average Bonchev–Trinajstić information content (AvgIpc) is 2.32. The highest BCUT2D eigenvalue weighted by atomic mass is 16.5. The Morgan fingerprint density at radius 2 is 1.47 bits per heavy atom. The van der Waals surface area contributed by atoms with Crippen LogP contribution in [0.3, 0.4) is 0 Å². The van der Waals surface area contributed by atoms with E-state index in [1.54, 1.807) is 0 Å². The van der Waals surface area contributed by atoms with Crippen LogP contribution in [0.4, 0.5) is 0 Å². The lowest BCUT2D eigenvalue weighted by molar-refractivity contribution is -0.154. The van der Waals surface area contributed by atoms with Gasteiger partial charge in [0.15, 0.2) is 0 Å². The molecule has 0 aromatic heterocycles. The second-order valence-electron chi connectivity index (χ2n) is 5.49. The third kappa shape index (κ3) is 8.23. The van der Waals surface area contributed by atoms with Gasteiger partial charge in [0.2, 0.25) is 0 Å².